The maximum absolute atomic E-state index is 12.7. The third-order valence-corrected chi connectivity index (χ3v) is 7.57. The van der Waals surface area contributed by atoms with E-state index < -0.39 is 20.7 Å². The number of aromatic nitrogens is 2. The van der Waals surface area contributed by atoms with E-state index in [2.05, 4.69) is 9.97 Å². The Morgan fingerprint density at radius 2 is 2.00 bits per heavy atom. The molecule has 27 heavy (non-hydrogen) atoms. The minimum atomic E-state index is -3.58. The molecule has 11 heteroatoms. The number of sulfone groups is 1. The summed E-state index contributed by atoms with van der Waals surface area (Å²) in [6.07, 6.45) is 0.365. The van der Waals surface area contributed by atoms with Crippen LogP contribution >= 0.6 is 11.6 Å². The van der Waals surface area contributed by atoms with Crippen molar-refractivity contribution in [1.82, 2.24) is 14.9 Å². The van der Waals surface area contributed by atoms with Crippen molar-refractivity contribution in [2.45, 2.75) is 30.6 Å². The summed E-state index contributed by atoms with van der Waals surface area (Å²) in [4.78, 5) is 23.0. The van der Waals surface area contributed by atoms with Crippen LogP contribution in [-0.2, 0) is 19.3 Å². The highest BCUT2D eigenvalue weighted by atomic mass is 35.5. The fourth-order valence-electron chi connectivity index (χ4n) is 3.73. The normalized spacial score (nSPS) is 23.3. The van der Waals surface area contributed by atoms with E-state index in [1.807, 2.05) is 11.8 Å². The summed E-state index contributed by atoms with van der Waals surface area (Å²) in [5.74, 6) is 0.560. The Labute approximate surface area is 163 Å². The van der Waals surface area contributed by atoms with Gasteiger partial charge in [0.25, 0.3) is 0 Å². The van der Waals surface area contributed by atoms with Crippen LogP contribution in [0.15, 0.2) is 6.07 Å². The molecule has 1 amide bonds. The lowest BCUT2D eigenvalue weighted by molar-refractivity contribution is 0.0985. The number of hydrogen-bond donors (Lipinski definition) is 1. The second-order valence-corrected chi connectivity index (χ2v) is 9.70. The van der Waals surface area contributed by atoms with Gasteiger partial charge in [-0.2, -0.15) is 0 Å². The number of piperidine rings is 1. The van der Waals surface area contributed by atoms with Crippen molar-refractivity contribution in [3.63, 3.8) is 0 Å². The maximum Gasteiger partial charge on any atom is 0.407 e. The lowest BCUT2D eigenvalue weighted by Gasteiger charge is -2.40. The van der Waals surface area contributed by atoms with Gasteiger partial charge in [0, 0.05) is 32.0 Å². The van der Waals surface area contributed by atoms with Crippen molar-refractivity contribution in [3.8, 4) is 0 Å². The van der Waals surface area contributed by atoms with Crippen molar-refractivity contribution in [2.24, 2.45) is 0 Å². The molecule has 9 nitrogen and oxygen atoms in total. The molecule has 1 aromatic rings. The molecule has 3 rings (SSSR count). The van der Waals surface area contributed by atoms with Crippen molar-refractivity contribution in [2.75, 3.05) is 44.0 Å². The molecule has 0 spiro atoms. The number of hydrogen-bond acceptors (Lipinski definition) is 7. The van der Waals surface area contributed by atoms with E-state index in [-0.39, 0.29) is 37.3 Å². The summed E-state index contributed by atoms with van der Waals surface area (Å²) in [5, 5.41) is 9.16. The van der Waals surface area contributed by atoms with Crippen LogP contribution in [0.3, 0.4) is 0 Å². The number of nitrogens with zero attached hydrogens (tertiary/aromatic N) is 4. The lowest BCUT2D eigenvalue weighted by Crippen LogP contribution is -2.49. The van der Waals surface area contributed by atoms with E-state index >= 15 is 0 Å². The first-order valence-corrected chi connectivity index (χ1v) is 11.0. The Balaban J connectivity index is 2.02. The number of rotatable bonds is 3. The van der Waals surface area contributed by atoms with E-state index in [1.165, 1.54) is 4.90 Å². The molecule has 1 atom stereocenters. The molecule has 150 valence electrons. The van der Waals surface area contributed by atoms with Gasteiger partial charge >= 0.3 is 6.09 Å². The standard InChI is InChI=1S/C16H23ClN4O5S/c1-11-10-26-8-7-21(11)13-9-12(18-14(17)19-13)16(27(2,24)25)3-5-20(6-4-16)15(22)23/h9,11H,3-8,10H2,1-2H3,(H,22,23)/t11-/m0/s1. The zero-order valence-electron chi connectivity index (χ0n) is 15.3. The van der Waals surface area contributed by atoms with Crippen molar-refractivity contribution in [1.29, 1.82) is 0 Å². The predicted molar refractivity (Wildman–Crippen MR) is 100 cm³/mol. The molecule has 0 saturated carbocycles. The second kappa shape index (κ2) is 7.40. The van der Waals surface area contributed by atoms with E-state index in [0.717, 1.165) is 6.26 Å². The molecule has 2 aliphatic rings. The number of carbonyl (C=O) groups is 1. The molecule has 0 radical (unpaired) electrons. The quantitative estimate of drug-likeness (QED) is 0.732. The van der Waals surface area contributed by atoms with Gasteiger partial charge in [-0.3, -0.25) is 0 Å². The van der Waals surface area contributed by atoms with E-state index in [9.17, 15) is 18.3 Å². The van der Waals surface area contributed by atoms with Gasteiger partial charge in [-0.05, 0) is 31.4 Å². The van der Waals surface area contributed by atoms with Crippen LogP contribution < -0.4 is 4.90 Å². The molecule has 0 unspecified atom stereocenters. The molecule has 3 heterocycles. The third kappa shape index (κ3) is 3.83. The van der Waals surface area contributed by atoms with Crippen molar-refractivity contribution in [3.05, 3.63) is 17.0 Å². The molecule has 0 bridgehead atoms. The fraction of sp³-hybridized carbons (Fsp3) is 0.688. The van der Waals surface area contributed by atoms with Gasteiger partial charge in [0.2, 0.25) is 5.28 Å². The zero-order chi connectivity index (χ0) is 19.8. The minimum Gasteiger partial charge on any atom is -0.465 e. The zero-order valence-corrected chi connectivity index (χ0v) is 16.8. The summed E-state index contributed by atoms with van der Waals surface area (Å²) in [5.41, 5.74) is 0.323. The SMILES string of the molecule is C[C@H]1COCCN1c1cc(C2(S(C)(=O)=O)CCN(C(=O)O)CC2)nc(Cl)n1. The topological polar surface area (TPSA) is 113 Å². The molecule has 2 aliphatic heterocycles. The number of morpholine rings is 1. The predicted octanol–water partition coefficient (Wildman–Crippen LogP) is 1.37. The molecule has 2 saturated heterocycles. The molecule has 1 aromatic heterocycles. The Morgan fingerprint density at radius 3 is 2.56 bits per heavy atom. The fourth-order valence-corrected chi connectivity index (χ4v) is 5.32. The number of amides is 1. The molecular weight excluding hydrogens is 396 g/mol. The van der Waals surface area contributed by atoms with Crippen LogP contribution in [-0.4, -0.2) is 79.6 Å². The number of halogens is 1. The highest BCUT2D eigenvalue weighted by molar-refractivity contribution is 7.91. The highest BCUT2D eigenvalue weighted by Gasteiger charge is 2.47. The Bertz CT molecular complexity index is 826. The molecule has 0 aromatic carbocycles. The van der Waals surface area contributed by atoms with Crippen LogP contribution in [0, 0.1) is 0 Å². The van der Waals surface area contributed by atoms with Crippen LogP contribution in [0.2, 0.25) is 5.28 Å². The molecule has 1 N–H and O–H groups in total. The third-order valence-electron chi connectivity index (χ3n) is 5.37. The van der Waals surface area contributed by atoms with Gasteiger partial charge in [0.05, 0.1) is 24.9 Å². The summed E-state index contributed by atoms with van der Waals surface area (Å²) >= 11 is 6.15. The first kappa shape index (κ1) is 20.1. The van der Waals surface area contributed by atoms with Crippen LogP contribution in [0.4, 0.5) is 10.6 Å². The molecule has 0 aliphatic carbocycles. The van der Waals surface area contributed by atoms with Crippen molar-refractivity contribution < 1.29 is 23.1 Å². The Hall–Kier alpha value is -1.65. The van der Waals surface area contributed by atoms with Crippen molar-refractivity contribution >= 4 is 33.3 Å². The summed E-state index contributed by atoms with van der Waals surface area (Å²) in [6.45, 7) is 3.94. The maximum atomic E-state index is 12.7. The smallest absolute Gasteiger partial charge is 0.407 e. The van der Waals surface area contributed by atoms with Gasteiger partial charge < -0.3 is 19.6 Å². The van der Waals surface area contributed by atoms with Gasteiger partial charge in [0.15, 0.2) is 9.84 Å². The van der Waals surface area contributed by atoms with Crippen LogP contribution in [0.1, 0.15) is 25.5 Å². The molecule has 2 fully saturated rings. The lowest BCUT2D eigenvalue weighted by atomic mass is 9.92. The van der Waals surface area contributed by atoms with Gasteiger partial charge in [-0.1, -0.05) is 0 Å². The summed E-state index contributed by atoms with van der Waals surface area (Å²) < 4.78 is 29.7. The van der Waals surface area contributed by atoms with E-state index in [4.69, 9.17) is 16.3 Å². The number of anilines is 1. The van der Waals surface area contributed by atoms with Crippen LogP contribution in [0.25, 0.3) is 0 Å². The average molecular weight is 419 g/mol. The first-order valence-electron chi connectivity index (χ1n) is 8.71. The Morgan fingerprint density at radius 1 is 1.33 bits per heavy atom. The summed E-state index contributed by atoms with van der Waals surface area (Å²) in [7, 11) is -3.58. The Kier molecular flexibility index (Phi) is 5.51. The molecular formula is C16H23ClN4O5S. The van der Waals surface area contributed by atoms with E-state index in [0.29, 0.717) is 31.3 Å². The van der Waals surface area contributed by atoms with Gasteiger partial charge in [0.1, 0.15) is 10.6 Å². The van der Waals surface area contributed by atoms with Gasteiger partial charge in [-0.15, -0.1) is 0 Å². The minimum absolute atomic E-state index is 0.0233. The highest BCUT2D eigenvalue weighted by Crippen LogP contribution is 2.40. The number of ether oxygens (including phenoxy) is 1. The van der Waals surface area contributed by atoms with Gasteiger partial charge in [-0.25, -0.2) is 23.2 Å². The number of carboxylic acid groups (broad SMARTS) is 1. The first-order chi connectivity index (χ1) is 12.6. The largest absolute Gasteiger partial charge is 0.465 e. The second-order valence-electron chi connectivity index (χ2n) is 7.03. The average Bonchev–Trinajstić information content (AvgIpc) is 2.60. The van der Waals surface area contributed by atoms with E-state index in [1.54, 1.807) is 6.07 Å². The van der Waals surface area contributed by atoms with Crippen LogP contribution in [0.5, 0.6) is 0 Å². The number of likely N-dealkylation sites (tertiary alicyclic amines) is 1. The summed E-state index contributed by atoms with van der Waals surface area (Å²) in [6, 6.07) is 1.74. The monoisotopic (exact) mass is 418 g/mol.